The van der Waals surface area contributed by atoms with E-state index in [0.717, 1.165) is 11.3 Å². The highest BCUT2D eigenvalue weighted by molar-refractivity contribution is 6.01. The van der Waals surface area contributed by atoms with E-state index in [1.807, 2.05) is 66.5 Å². The molecule has 0 aliphatic carbocycles. The molecule has 1 aromatic heterocycles. The Labute approximate surface area is 106 Å². The van der Waals surface area contributed by atoms with Crippen LogP contribution in [-0.2, 0) is 11.8 Å². The number of rotatable bonds is 3. The van der Waals surface area contributed by atoms with E-state index in [2.05, 4.69) is 5.32 Å². The Morgan fingerprint density at radius 1 is 1.17 bits per heavy atom. The highest BCUT2D eigenvalue weighted by atomic mass is 16.1. The van der Waals surface area contributed by atoms with Crippen LogP contribution in [0.3, 0.4) is 0 Å². The number of hydrogen-bond acceptors (Lipinski definition) is 1. The molecule has 18 heavy (non-hydrogen) atoms. The molecule has 0 radical (unpaired) electrons. The summed E-state index contributed by atoms with van der Waals surface area (Å²) in [5.74, 6) is -0.132. The molecule has 1 heterocycles. The fourth-order valence-corrected chi connectivity index (χ4v) is 1.59. The van der Waals surface area contributed by atoms with Crippen LogP contribution in [0.25, 0.3) is 6.08 Å². The van der Waals surface area contributed by atoms with Gasteiger partial charge in [0.25, 0.3) is 0 Å². The third-order valence-corrected chi connectivity index (χ3v) is 2.43. The Hall–Kier alpha value is -2.42. The predicted molar refractivity (Wildman–Crippen MR) is 71.7 cm³/mol. The van der Waals surface area contributed by atoms with E-state index >= 15 is 0 Å². The highest BCUT2D eigenvalue weighted by Crippen LogP contribution is 2.05. The standard InChI is InChI=1S/C15H14N2O/c1-17-11-5-6-13(12-17)9-10-15(18)16-14-7-3-2-4-8-14/h2-12H,1H3/p+1/b10-9-. The number of carbonyl (C=O) groups excluding carboxylic acids is 1. The van der Waals surface area contributed by atoms with Crippen LogP contribution < -0.4 is 9.88 Å². The molecule has 0 fully saturated rings. The van der Waals surface area contributed by atoms with E-state index in [-0.39, 0.29) is 5.91 Å². The Balaban J connectivity index is 1.99. The molecule has 3 heteroatoms. The zero-order valence-corrected chi connectivity index (χ0v) is 10.2. The van der Waals surface area contributed by atoms with Gasteiger partial charge < -0.3 is 5.32 Å². The fraction of sp³-hybridized carbons (Fsp3) is 0.0667. The van der Waals surface area contributed by atoms with Crippen LogP contribution >= 0.6 is 0 Å². The van der Waals surface area contributed by atoms with Crippen molar-refractivity contribution in [2.45, 2.75) is 0 Å². The van der Waals surface area contributed by atoms with Crippen LogP contribution in [-0.4, -0.2) is 5.91 Å². The molecule has 0 atom stereocenters. The van der Waals surface area contributed by atoms with Crippen molar-refractivity contribution in [1.29, 1.82) is 0 Å². The second kappa shape index (κ2) is 5.77. The number of anilines is 1. The van der Waals surface area contributed by atoms with Crippen LogP contribution in [0.15, 0.2) is 60.9 Å². The molecule has 1 N–H and O–H groups in total. The van der Waals surface area contributed by atoms with E-state index < -0.39 is 0 Å². The number of benzene rings is 1. The van der Waals surface area contributed by atoms with Gasteiger partial charge in [0.05, 0.1) is 0 Å². The first-order chi connectivity index (χ1) is 8.74. The molecule has 90 valence electrons. The second-order valence-corrected chi connectivity index (χ2v) is 3.99. The Morgan fingerprint density at radius 3 is 2.67 bits per heavy atom. The maximum Gasteiger partial charge on any atom is 0.248 e. The zero-order chi connectivity index (χ0) is 12.8. The molecule has 0 aliphatic heterocycles. The van der Waals surface area contributed by atoms with E-state index in [0.29, 0.717) is 0 Å². The number of nitrogens with zero attached hydrogens (tertiary/aromatic N) is 1. The van der Waals surface area contributed by atoms with Gasteiger partial charge in [-0.15, -0.1) is 0 Å². The molecular weight excluding hydrogens is 224 g/mol. The van der Waals surface area contributed by atoms with Gasteiger partial charge in [-0.05, 0) is 24.3 Å². The Morgan fingerprint density at radius 2 is 1.94 bits per heavy atom. The van der Waals surface area contributed by atoms with Gasteiger partial charge in [0.2, 0.25) is 5.91 Å². The van der Waals surface area contributed by atoms with Crippen molar-refractivity contribution in [3.63, 3.8) is 0 Å². The number of para-hydroxylation sites is 1. The average Bonchev–Trinajstić information content (AvgIpc) is 2.38. The van der Waals surface area contributed by atoms with E-state index in [1.54, 1.807) is 6.08 Å². The van der Waals surface area contributed by atoms with Gasteiger partial charge in [-0.3, -0.25) is 4.79 Å². The molecule has 0 saturated heterocycles. The monoisotopic (exact) mass is 239 g/mol. The minimum absolute atomic E-state index is 0.132. The van der Waals surface area contributed by atoms with Crippen molar-refractivity contribution in [1.82, 2.24) is 0 Å². The number of aryl methyl sites for hydroxylation is 1. The van der Waals surface area contributed by atoms with Gasteiger partial charge in [0, 0.05) is 23.4 Å². The Bertz CT molecular complexity index is 562. The molecule has 2 aromatic rings. The summed E-state index contributed by atoms with van der Waals surface area (Å²) < 4.78 is 1.94. The van der Waals surface area contributed by atoms with Crippen molar-refractivity contribution in [3.05, 3.63) is 66.5 Å². The number of nitrogens with one attached hydrogen (secondary N) is 1. The maximum atomic E-state index is 11.7. The predicted octanol–water partition coefficient (Wildman–Crippen LogP) is 2.16. The lowest BCUT2D eigenvalue weighted by atomic mass is 10.2. The first-order valence-electron chi connectivity index (χ1n) is 5.73. The van der Waals surface area contributed by atoms with Gasteiger partial charge >= 0.3 is 0 Å². The number of aromatic nitrogens is 1. The average molecular weight is 239 g/mol. The minimum atomic E-state index is -0.132. The summed E-state index contributed by atoms with van der Waals surface area (Å²) in [5.41, 5.74) is 1.79. The molecule has 0 aliphatic rings. The first kappa shape index (κ1) is 12.0. The number of hydrogen-bond donors (Lipinski definition) is 1. The van der Waals surface area contributed by atoms with Gasteiger partial charge in [0.15, 0.2) is 12.4 Å². The molecule has 2 rings (SSSR count). The molecular formula is C15H15N2O+. The van der Waals surface area contributed by atoms with E-state index in [4.69, 9.17) is 0 Å². The zero-order valence-electron chi connectivity index (χ0n) is 10.2. The summed E-state index contributed by atoms with van der Waals surface area (Å²) in [6.45, 7) is 0. The van der Waals surface area contributed by atoms with Crippen LogP contribution in [0.1, 0.15) is 5.56 Å². The van der Waals surface area contributed by atoms with Crippen LogP contribution in [0, 0.1) is 0 Å². The van der Waals surface area contributed by atoms with E-state index in [9.17, 15) is 4.79 Å². The summed E-state index contributed by atoms with van der Waals surface area (Å²) in [5, 5.41) is 2.79. The largest absolute Gasteiger partial charge is 0.323 e. The lowest BCUT2D eigenvalue weighted by molar-refractivity contribution is -0.671. The summed E-state index contributed by atoms with van der Waals surface area (Å²) in [4.78, 5) is 11.7. The van der Waals surface area contributed by atoms with Crippen molar-refractivity contribution in [2.24, 2.45) is 7.05 Å². The lowest BCUT2D eigenvalue weighted by Gasteiger charge is -2.00. The maximum absolute atomic E-state index is 11.7. The quantitative estimate of drug-likeness (QED) is 0.646. The SMILES string of the molecule is C[n+]1cccc(/C=C\C(=O)Nc2ccccc2)c1. The molecule has 0 spiro atoms. The summed E-state index contributed by atoms with van der Waals surface area (Å²) in [6.07, 6.45) is 7.22. The molecule has 1 aromatic carbocycles. The lowest BCUT2D eigenvalue weighted by Crippen LogP contribution is -2.26. The molecule has 0 bridgehead atoms. The van der Waals surface area contributed by atoms with Gasteiger partial charge in [-0.2, -0.15) is 0 Å². The summed E-state index contributed by atoms with van der Waals surface area (Å²) in [7, 11) is 1.95. The topological polar surface area (TPSA) is 33.0 Å². The normalized spacial score (nSPS) is 10.5. The smallest absolute Gasteiger partial charge is 0.248 e. The second-order valence-electron chi connectivity index (χ2n) is 3.99. The molecule has 1 amide bonds. The number of amides is 1. The van der Waals surface area contributed by atoms with Crippen molar-refractivity contribution < 1.29 is 9.36 Å². The molecule has 0 unspecified atom stereocenters. The summed E-state index contributed by atoms with van der Waals surface area (Å²) in [6, 6.07) is 13.3. The van der Waals surface area contributed by atoms with Crippen LogP contribution in [0.5, 0.6) is 0 Å². The Kier molecular flexibility index (Phi) is 3.86. The molecule has 3 nitrogen and oxygen atoms in total. The fourth-order valence-electron chi connectivity index (χ4n) is 1.59. The van der Waals surface area contributed by atoms with Gasteiger partial charge in [-0.25, -0.2) is 4.57 Å². The molecule has 0 saturated carbocycles. The van der Waals surface area contributed by atoms with Crippen molar-refractivity contribution in [2.75, 3.05) is 5.32 Å². The number of pyridine rings is 1. The minimum Gasteiger partial charge on any atom is -0.323 e. The van der Waals surface area contributed by atoms with Crippen molar-refractivity contribution in [3.8, 4) is 0 Å². The number of carbonyl (C=O) groups is 1. The van der Waals surface area contributed by atoms with Crippen LogP contribution in [0.4, 0.5) is 5.69 Å². The summed E-state index contributed by atoms with van der Waals surface area (Å²) >= 11 is 0. The van der Waals surface area contributed by atoms with Crippen LogP contribution in [0.2, 0.25) is 0 Å². The van der Waals surface area contributed by atoms with Crippen molar-refractivity contribution >= 4 is 17.7 Å². The highest BCUT2D eigenvalue weighted by Gasteiger charge is 1.98. The van der Waals surface area contributed by atoms with Gasteiger partial charge in [0.1, 0.15) is 7.05 Å². The van der Waals surface area contributed by atoms with Gasteiger partial charge in [-0.1, -0.05) is 18.2 Å². The third kappa shape index (κ3) is 3.56. The first-order valence-corrected chi connectivity index (χ1v) is 5.73. The van der Waals surface area contributed by atoms with E-state index in [1.165, 1.54) is 6.08 Å². The third-order valence-electron chi connectivity index (χ3n) is 2.43.